The molecule has 144 valence electrons. The first-order chi connectivity index (χ1) is 13.0. The Bertz CT molecular complexity index is 874. The van der Waals surface area contributed by atoms with E-state index in [1.807, 2.05) is 12.1 Å². The van der Waals surface area contributed by atoms with Crippen LogP contribution in [0.4, 0.5) is 5.95 Å². The van der Waals surface area contributed by atoms with Crippen LogP contribution in [0.25, 0.3) is 0 Å². The summed E-state index contributed by atoms with van der Waals surface area (Å²) in [4.78, 5) is 6.79. The molecule has 1 aliphatic rings. The van der Waals surface area contributed by atoms with Gasteiger partial charge in [-0.05, 0) is 25.0 Å². The maximum atomic E-state index is 5.54. The van der Waals surface area contributed by atoms with E-state index in [0.29, 0.717) is 24.0 Å². The minimum absolute atomic E-state index is 0.155. The molecular weight excluding hydrogens is 364 g/mol. The first-order valence-corrected chi connectivity index (χ1v) is 10.2. The fraction of sp³-hybridized carbons (Fsp3) is 0.556. The third-order valence-corrected chi connectivity index (χ3v) is 5.38. The third-order valence-electron chi connectivity index (χ3n) is 4.42. The molecule has 4 heterocycles. The van der Waals surface area contributed by atoms with Crippen molar-refractivity contribution in [2.24, 2.45) is 0 Å². The molecule has 0 atom stereocenters. The van der Waals surface area contributed by atoms with Crippen molar-refractivity contribution in [3.05, 3.63) is 35.9 Å². The van der Waals surface area contributed by atoms with Gasteiger partial charge in [0.25, 0.3) is 0 Å². The van der Waals surface area contributed by atoms with Crippen molar-refractivity contribution < 1.29 is 8.94 Å². The molecule has 0 N–H and O–H groups in total. The molecule has 9 heteroatoms. The number of thioether (sulfide) groups is 1. The van der Waals surface area contributed by atoms with E-state index in [0.717, 1.165) is 30.0 Å². The monoisotopic (exact) mass is 388 g/mol. The Balaban J connectivity index is 1.53. The zero-order chi connectivity index (χ0) is 18.9. The second-order valence-corrected chi connectivity index (χ2v) is 8.64. The fourth-order valence-corrected chi connectivity index (χ4v) is 3.76. The summed E-state index contributed by atoms with van der Waals surface area (Å²) in [5.41, 5.74) is -0.155. The van der Waals surface area contributed by atoms with Crippen LogP contribution in [-0.2, 0) is 17.7 Å². The van der Waals surface area contributed by atoms with E-state index in [4.69, 9.17) is 8.94 Å². The molecule has 0 unspecified atom stereocenters. The zero-order valence-corrected chi connectivity index (χ0v) is 16.7. The van der Waals surface area contributed by atoms with Crippen molar-refractivity contribution in [1.29, 1.82) is 0 Å². The van der Waals surface area contributed by atoms with Crippen LogP contribution in [0, 0.1) is 0 Å². The Morgan fingerprint density at radius 1 is 1.19 bits per heavy atom. The lowest BCUT2D eigenvalue weighted by Crippen LogP contribution is -2.22. The number of furan rings is 1. The second-order valence-electron chi connectivity index (χ2n) is 7.70. The minimum atomic E-state index is -0.155. The summed E-state index contributed by atoms with van der Waals surface area (Å²) in [6.07, 6.45) is 4.07. The van der Waals surface area contributed by atoms with E-state index in [2.05, 4.69) is 50.6 Å². The number of hydrogen-bond acceptors (Lipinski definition) is 8. The van der Waals surface area contributed by atoms with Crippen LogP contribution in [0.1, 0.15) is 51.1 Å². The number of aromatic nitrogens is 5. The van der Waals surface area contributed by atoms with E-state index >= 15 is 0 Å². The summed E-state index contributed by atoms with van der Waals surface area (Å²) in [6, 6.07) is 3.87. The van der Waals surface area contributed by atoms with Gasteiger partial charge in [-0.15, -0.1) is 10.2 Å². The van der Waals surface area contributed by atoms with E-state index in [1.54, 1.807) is 18.0 Å². The van der Waals surface area contributed by atoms with Crippen molar-refractivity contribution in [2.45, 2.75) is 56.5 Å². The molecule has 27 heavy (non-hydrogen) atoms. The maximum Gasteiger partial charge on any atom is 0.232 e. The molecule has 8 nitrogen and oxygen atoms in total. The predicted octanol–water partition coefficient (Wildman–Crippen LogP) is 3.49. The van der Waals surface area contributed by atoms with E-state index in [1.165, 1.54) is 12.8 Å². The number of nitrogens with zero attached hydrogens (tertiary/aromatic N) is 6. The lowest BCUT2D eigenvalue weighted by molar-refractivity contribution is 0.319. The largest absolute Gasteiger partial charge is 0.467 e. The molecule has 0 radical (unpaired) electrons. The van der Waals surface area contributed by atoms with Gasteiger partial charge in [-0.25, -0.2) is 0 Å². The summed E-state index contributed by atoms with van der Waals surface area (Å²) in [5.74, 6) is 3.67. The Hall–Kier alpha value is -2.29. The van der Waals surface area contributed by atoms with Crippen LogP contribution in [-0.4, -0.2) is 38.0 Å². The van der Waals surface area contributed by atoms with Gasteiger partial charge in [0, 0.05) is 18.5 Å². The van der Waals surface area contributed by atoms with Gasteiger partial charge in [-0.2, -0.15) is 4.98 Å². The van der Waals surface area contributed by atoms with Crippen LogP contribution in [0.5, 0.6) is 0 Å². The molecule has 3 aromatic heterocycles. The minimum Gasteiger partial charge on any atom is -0.467 e. The summed E-state index contributed by atoms with van der Waals surface area (Å²) >= 11 is 1.56. The summed E-state index contributed by atoms with van der Waals surface area (Å²) < 4.78 is 13.0. The van der Waals surface area contributed by atoms with Gasteiger partial charge in [0.05, 0.1) is 18.6 Å². The van der Waals surface area contributed by atoms with Crippen molar-refractivity contribution in [3.8, 4) is 0 Å². The molecule has 0 aromatic carbocycles. The van der Waals surface area contributed by atoms with Crippen LogP contribution in [0.3, 0.4) is 0 Å². The van der Waals surface area contributed by atoms with Crippen molar-refractivity contribution >= 4 is 17.7 Å². The highest BCUT2D eigenvalue weighted by Gasteiger charge is 2.24. The Labute approximate surface area is 162 Å². The molecule has 0 amide bonds. The van der Waals surface area contributed by atoms with Gasteiger partial charge in [-0.3, -0.25) is 4.57 Å². The van der Waals surface area contributed by atoms with Gasteiger partial charge in [-0.1, -0.05) is 37.7 Å². The number of anilines is 1. The lowest BCUT2D eigenvalue weighted by atomic mass is 9.97. The molecule has 0 spiro atoms. The highest BCUT2D eigenvalue weighted by Crippen LogP contribution is 2.28. The quantitative estimate of drug-likeness (QED) is 0.593. The Morgan fingerprint density at radius 2 is 2.00 bits per heavy atom. The smallest absolute Gasteiger partial charge is 0.232 e. The third kappa shape index (κ3) is 4.02. The van der Waals surface area contributed by atoms with E-state index in [9.17, 15) is 0 Å². The number of rotatable bonds is 6. The van der Waals surface area contributed by atoms with Crippen molar-refractivity contribution in [3.63, 3.8) is 0 Å². The molecule has 1 aliphatic heterocycles. The standard InChI is InChI=1S/C18H24N6O2S/c1-18(2,3)15-19-14(22-26-15)12-27-17-21-20-16(23-8-4-5-9-23)24(17)11-13-7-6-10-25-13/h6-7,10H,4-5,8-9,11-12H2,1-3H3. The molecule has 4 rings (SSSR count). The van der Waals surface area contributed by atoms with Gasteiger partial charge >= 0.3 is 0 Å². The average Bonchev–Trinajstić information content (AvgIpc) is 3.40. The molecular formula is C18H24N6O2S. The van der Waals surface area contributed by atoms with Crippen LogP contribution >= 0.6 is 11.8 Å². The Morgan fingerprint density at radius 3 is 2.67 bits per heavy atom. The fourth-order valence-electron chi connectivity index (χ4n) is 2.98. The lowest BCUT2D eigenvalue weighted by Gasteiger charge is -2.17. The van der Waals surface area contributed by atoms with Gasteiger partial charge in [0.2, 0.25) is 11.8 Å². The number of hydrogen-bond donors (Lipinski definition) is 0. The molecule has 1 fully saturated rings. The first kappa shape index (κ1) is 18.1. The van der Waals surface area contributed by atoms with Crippen molar-refractivity contribution in [2.75, 3.05) is 18.0 Å². The maximum absolute atomic E-state index is 5.54. The van der Waals surface area contributed by atoms with Crippen LogP contribution in [0.15, 0.2) is 32.5 Å². The summed E-state index contributed by atoms with van der Waals surface area (Å²) in [5, 5.41) is 13.8. The molecule has 3 aromatic rings. The highest BCUT2D eigenvalue weighted by molar-refractivity contribution is 7.98. The molecule has 0 bridgehead atoms. The van der Waals surface area contributed by atoms with Gasteiger partial charge in [0.15, 0.2) is 11.0 Å². The molecule has 1 saturated heterocycles. The Kier molecular flexibility index (Phi) is 4.94. The van der Waals surface area contributed by atoms with Crippen LogP contribution < -0.4 is 4.90 Å². The summed E-state index contributed by atoms with van der Waals surface area (Å²) in [6.45, 7) is 8.80. The predicted molar refractivity (Wildman–Crippen MR) is 102 cm³/mol. The topological polar surface area (TPSA) is 86.0 Å². The zero-order valence-electron chi connectivity index (χ0n) is 15.9. The summed E-state index contributed by atoms with van der Waals surface area (Å²) in [7, 11) is 0. The molecule has 0 saturated carbocycles. The van der Waals surface area contributed by atoms with E-state index < -0.39 is 0 Å². The average molecular weight is 388 g/mol. The first-order valence-electron chi connectivity index (χ1n) is 9.17. The second kappa shape index (κ2) is 7.38. The van der Waals surface area contributed by atoms with Crippen molar-refractivity contribution in [1.82, 2.24) is 24.9 Å². The van der Waals surface area contributed by atoms with E-state index in [-0.39, 0.29) is 5.41 Å². The van der Waals surface area contributed by atoms with Gasteiger partial charge < -0.3 is 13.8 Å². The van der Waals surface area contributed by atoms with Crippen LogP contribution in [0.2, 0.25) is 0 Å². The molecule has 0 aliphatic carbocycles. The normalized spacial score (nSPS) is 15.0. The van der Waals surface area contributed by atoms with Gasteiger partial charge in [0.1, 0.15) is 5.76 Å². The highest BCUT2D eigenvalue weighted by atomic mass is 32.2. The SMILES string of the molecule is CC(C)(C)c1nc(CSc2nnc(N3CCCC3)n2Cc2ccco2)no1.